The van der Waals surface area contributed by atoms with Crippen molar-refractivity contribution >= 4 is 28.3 Å². The first-order valence-electron chi connectivity index (χ1n) is 9.61. The fourth-order valence-electron chi connectivity index (χ4n) is 3.34. The minimum absolute atomic E-state index is 0.0112. The van der Waals surface area contributed by atoms with Gasteiger partial charge in [-0.2, -0.15) is 0 Å². The van der Waals surface area contributed by atoms with Gasteiger partial charge in [-0.3, -0.25) is 19.7 Å². The van der Waals surface area contributed by atoms with E-state index in [-0.39, 0.29) is 16.8 Å². The molecule has 3 aromatic carbocycles. The number of nitro groups is 1. The Labute approximate surface area is 181 Å². The van der Waals surface area contributed by atoms with Crippen LogP contribution in [0.15, 0.2) is 89.7 Å². The van der Waals surface area contributed by atoms with Gasteiger partial charge in [0.25, 0.3) is 5.69 Å². The second-order valence-corrected chi connectivity index (χ2v) is 6.96. The molecule has 0 bridgehead atoms. The Morgan fingerprint density at radius 3 is 2.25 bits per heavy atom. The van der Waals surface area contributed by atoms with Gasteiger partial charge in [-0.05, 0) is 18.2 Å². The Hall–Kier alpha value is -4.59. The van der Waals surface area contributed by atoms with E-state index in [1.54, 1.807) is 54.6 Å². The normalized spacial score (nSPS) is 11.6. The number of esters is 1. The van der Waals surface area contributed by atoms with Crippen LogP contribution in [-0.4, -0.2) is 21.7 Å². The molecular weight excluding hydrogens is 412 g/mol. The quantitative estimate of drug-likeness (QED) is 0.213. The number of hydrogen-bond donors (Lipinski definition) is 1. The topological polar surface area (TPSA) is 119 Å². The van der Waals surface area contributed by atoms with Crippen LogP contribution in [0.5, 0.6) is 0 Å². The summed E-state index contributed by atoms with van der Waals surface area (Å²) in [5.41, 5.74) is 0.389. The van der Waals surface area contributed by atoms with Gasteiger partial charge >= 0.3 is 5.97 Å². The number of aromatic nitrogens is 1. The van der Waals surface area contributed by atoms with E-state index in [2.05, 4.69) is 4.98 Å². The molecule has 1 heterocycles. The van der Waals surface area contributed by atoms with Crippen LogP contribution in [0.1, 0.15) is 32.4 Å². The van der Waals surface area contributed by atoms with Gasteiger partial charge in [-0.15, -0.1) is 0 Å². The maximum atomic E-state index is 13.2. The van der Waals surface area contributed by atoms with Crippen molar-refractivity contribution in [2.24, 2.45) is 0 Å². The van der Waals surface area contributed by atoms with E-state index in [9.17, 15) is 24.5 Å². The van der Waals surface area contributed by atoms with E-state index in [1.165, 1.54) is 24.3 Å². The fourth-order valence-corrected chi connectivity index (χ4v) is 3.34. The zero-order valence-electron chi connectivity index (χ0n) is 16.6. The third kappa shape index (κ3) is 4.15. The molecule has 0 aliphatic heterocycles. The van der Waals surface area contributed by atoms with Gasteiger partial charge in [0, 0.05) is 40.2 Å². The molecule has 4 aromatic rings. The number of nitrogens with one attached hydrogen (secondary N) is 1. The second kappa shape index (κ2) is 8.65. The molecule has 8 nitrogen and oxygen atoms in total. The van der Waals surface area contributed by atoms with Crippen molar-refractivity contribution in [2.75, 3.05) is 0 Å². The summed E-state index contributed by atoms with van der Waals surface area (Å²) < 4.78 is 5.59. The monoisotopic (exact) mass is 428 g/mol. The molecule has 0 aliphatic rings. The minimum Gasteiger partial charge on any atom is -0.445 e. The number of nitro benzene ring substituents is 1. The second-order valence-electron chi connectivity index (χ2n) is 6.96. The van der Waals surface area contributed by atoms with Crippen molar-refractivity contribution in [3.05, 3.63) is 122 Å². The lowest BCUT2D eigenvalue weighted by Crippen LogP contribution is -2.21. The third-order valence-corrected chi connectivity index (χ3v) is 4.90. The number of pyridine rings is 1. The number of carbonyl (C=O) groups excluding carboxylic acids is 2. The summed E-state index contributed by atoms with van der Waals surface area (Å²) >= 11 is 0. The van der Waals surface area contributed by atoms with Crippen LogP contribution in [0.4, 0.5) is 5.69 Å². The number of Topliss-reactive ketones (excluding diaryl/α,β-unsaturated/α-hetero) is 1. The van der Waals surface area contributed by atoms with Crippen LogP contribution in [0.2, 0.25) is 0 Å². The molecule has 0 aliphatic carbocycles. The first-order valence-corrected chi connectivity index (χ1v) is 9.61. The Bertz CT molecular complexity index is 1380. The lowest BCUT2D eigenvalue weighted by atomic mass is 9.99. The SMILES string of the molecule is O=C(O[C@@H](C(=O)c1ccccc1)c1ccc([N+](=O)[O-])cc1)c1cc(=O)[nH]c2ccccc12. The van der Waals surface area contributed by atoms with Gasteiger partial charge < -0.3 is 9.72 Å². The highest BCUT2D eigenvalue weighted by Gasteiger charge is 2.28. The summed E-state index contributed by atoms with van der Waals surface area (Å²) in [5, 5.41) is 11.4. The van der Waals surface area contributed by atoms with Crippen molar-refractivity contribution in [1.29, 1.82) is 0 Å². The highest BCUT2D eigenvalue weighted by molar-refractivity contribution is 6.06. The average molecular weight is 428 g/mol. The molecule has 0 amide bonds. The fraction of sp³-hybridized carbons (Fsp3) is 0.0417. The Morgan fingerprint density at radius 2 is 1.56 bits per heavy atom. The van der Waals surface area contributed by atoms with Crippen LogP contribution < -0.4 is 5.56 Å². The van der Waals surface area contributed by atoms with Crippen molar-refractivity contribution in [3.63, 3.8) is 0 Å². The summed E-state index contributed by atoms with van der Waals surface area (Å²) in [6.45, 7) is 0. The summed E-state index contributed by atoms with van der Waals surface area (Å²) in [5.74, 6) is -1.36. The summed E-state index contributed by atoms with van der Waals surface area (Å²) in [6.07, 6.45) is -1.36. The molecule has 4 rings (SSSR count). The Kier molecular flexibility index (Phi) is 5.59. The molecule has 32 heavy (non-hydrogen) atoms. The van der Waals surface area contributed by atoms with Gasteiger partial charge in [0.1, 0.15) is 0 Å². The molecule has 0 spiro atoms. The lowest BCUT2D eigenvalue weighted by Gasteiger charge is -2.18. The van der Waals surface area contributed by atoms with Gasteiger partial charge in [-0.1, -0.05) is 48.5 Å². The van der Waals surface area contributed by atoms with Crippen LogP contribution >= 0.6 is 0 Å². The summed E-state index contributed by atoms with van der Waals surface area (Å²) in [6, 6.07) is 21.3. The number of benzene rings is 3. The number of nitrogens with zero attached hydrogens (tertiary/aromatic N) is 1. The summed E-state index contributed by atoms with van der Waals surface area (Å²) in [4.78, 5) is 51.3. The van der Waals surface area contributed by atoms with Crippen molar-refractivity contribution in [3.8, 4) is 0 Å². The van der Waals surface area contributed by atoms with E-state index in [1.807, 2.05) is 0 Å². The largest absolute Gasteiger partial charge is 0.445 e. The van der Waals surface area contributed by atoms with Crippen LogP contribution in [0, 0.1) is 10.1 Å². The number of hydrogen-bond acceptors (Lipinski definition) is 6. The number of carbonyl (C=O) groups is 2. The molecule has 1 aromatic heterocycles. The minimum atomic E-state index is -1.36. The van der Waals surface area contributed by atoms with E-state index in [0.717, 1.165) is 6.07 Å². The van der Waals surface area contributed by atoms with Crippen molar-refractivity contribution in [2.45, 2.75) is 6.10 Å². The number of non-ortho nitro benzene ring substituents is 1. The predicted molar refractivity (Wildman–Crippen MR) is 117 cm³/mol. The number of rotatable bonds is 6. The molecule has 1 atom stereocenters. The predicted octanol–water partition coefficient (Wildman–Crippen LogP) is 4.22. The standard InChI is InChI=1S/C24H16N2O6/c27-21-14-19(18-8-4-5-9-20(18)25-21)24(29)32-23(22(28)15-6-2-1-3-7-15)16-10-12-17(13-11-16)26(30)31/h1-14,23H,(H,25,27)/t23-/m1/s1. The van der Waals surface area contributed by atoms with E-state index < -0.39 is 28.3 Å². The van der Waals surface area contributed by atoms with E-state index in [0.29, 0.717) is 16.5 Å². The van der Waals surface area contributed by atoms with Crippen LogP contribution in [-0.2, 0) is 4.74 Å². The number of H-pyrrole nitrogens is 1. The maximum absolute atomic E-state index is 13.2. The molecule has 1 N–H and O–H groups in total. The first kappa shape index (κ1) is 20.7. The highest BCUT2D eigenvalue weighted by Crippen LogP contribution is 2.27. The molecule has 158 valence electrons. The summed E-state index contributed by atoms with van der Waals surface area (Å²) in [7, 11) is 0. The van der Waals surface area contributed by atoms with Gasteiger partial charge in [0.05, 0.1) is 10.5 Å². The van der Waals surface area contributed by atoms with Crippen LogP contribution in [0.3, 0.4) is 0 Å². The Morgan fingerprint density at radius 1 is 0.906 bits per heavy atom. The zero-order chi connectivity index (χ0) is 22.7. The number of fused-ring (bicyclic) bond motifs is 1. The number of aromatic amines is 1. The average Bonchev–Trinajstić information content (AvgIpc) is 2.82. The Balaban J connectivity index is 1.75. The molecule has 0 unspecified atom stereocenters. The van der Waals surface area contributed by atoms with E-state index in [4.69, 9.17) is 4.74 Å². The van der Waals surface area contributed by atoms with Gasteiger partial charge in [-0.25, -0.2) is 4.79 Å². The van der Waals surface area contributed by atoms with Crippen LogP contribution in [0.25, 0.3) is 10.9 Å². The molecule has 0 saturated heterocycles. The molecule has 0 saturated carbocycles. The number of ketones is 1. The number of para-hydroxylation sites is 1. The van der Waals surface area contributed by atoms with Crippen molar-refractivity contribution in [1.82, 2.24) is 4.98 Å². The van der Waals surface area contributed by atoms with Gasteiger partial charge in [0.2, 0.25) is 11.3 Å². The molecule has 0 fully saturated rings. The number of ether oxygens (including phenoxy) is 1. The molecule has 0 radical (unpaired) electrons. The highest BCUT2D eigenvalue weighted by atomic mass is 16.6. The van der Waals surface area contributed by atoms with E-state index >= 15 is 0 Å². The van der Waals surface area contributed by atoms with Gasteiger partial charge in [0.15, 0.2) is 6.10 Å². The zero-order valence-corrected chi connectivity index (χ0v) is 16.6. The smallest absolute Gasteiger partial charge is 0.340 e. The lowest BCUT2D eigenvalue weighted by molar-refractivity contribution is -0.384. The maximum Gasteiger partial charge on any atom is 0.340 e. The molecular formula is C24H16N2O6. The third-order valence-electron chi connectivity index (χ3n) is 4.90. The molecule has 8 heteroatoms. The van der Waals surface area contributed by atoms with Crippen molar-refractivity contribution < 1.29 is 19.2 Å². The first-order chi connectivity index (χ1) is 15.4.